The van der Waals surface area contributed by atoms with Crippen LogP contribution in [0.4, 0.5) is 10.1 Å². The second kappa shape index (κ2) is 12.3. The number of carbonyl (C=O) groups is 1. The fraction of sp³-hybridized carbons (Fsp3) is 0.367. The Kier molecular flexibility index (Phi) is 8.46. The Balaban J connectivity index is 1.04. The Morgan fingerprint density at radius 3 is 2.38 bits per heavy atom. The predicted octanol–water partition coefficient (Wildman–Crippen LogP) is 3.71. The summed E-state index contributed by atoms with van der Waals surface area (Å²) < 4.78 is 13.3. The molecule has 0 aliphatic carbocycles. The smallest absolute Gasteiger partial charge is 0.224 e. The Morgan fingerprint density at radius 2 is 1.65 bits per heavy atom. The Labute approximate surface area is 218 Å². The van der Waals surface area contributed by atoms with Crippen LogP contribution >= 0.6 is 0 Å². The topological polar surface area (TPSA) is 68.4 Å². The number of hydrazine groups is 1. The van der Waals surface area contributed by atoms with Crippen LogP contribution in [-0.4, -0.2) is 38.1 Å². The van der Waals surface area contributed by atoms with Crippen molar-refractivity contribution in [2.45, 2.75) is 37.9 Å². The highest BCUT2D eigenvalue weighted by molar-refractivity contribution is 5.78. The molecule has 6 nitrogen and oxygen atoms in total. The molecule has 194 valence electrons. The van der Waals surface area contributed by atoms with Gasteiger partial charge in [0, 0.05) is 50.4 Å². The SMILES string of the molecule is O=C(Cc1ccc(N2CCC(NCC3CNNC3c3ccc(F)cc3)CC2)cc1)NCc1ccccc1. The average molecular weight is 502 g/mol. The molecule has 2 fully saturated rings. The molecular formula is C30H36FN5O. The summed E-state index contributed by atoms with van der Waals surface area (Å²) in [5.74, 6) is 0.258. The fourth-order valence-corrected chi connectivity index (χ4v) is 5.28. The highest BCUT2D eigenvalue weighted by Gasteiger charge is 2.29. The maximum atomic E-state index is 13.3. The molecule has 37 heavy (non-hydrogen) atoms. The van der Waals surface area contributed by atoms with E-state index in [1.54, 1.807) is 0 Å². The summed E-state index contributed by atoms with van der Waals surface area (Å²) in [6.45, 7) is 4.40. The zero-order valence-electron chi connectivity index (χ0n) is 21.1. The van der Waals surface area contributed by atoms with Gasteiger partial charge in [-0.05, 0) is 53.8 Å². The molecule has 3 aromatic carbocycles. The quantitative estimate of drug-likeness (QED) is 0.360. The molecule has 1 amide bonds. The van der Waals surface area contributed by atoms with Crippen molar-refractivity contribution < 1.29 is 9.18 Å². The Bertz CT molecular complexity index is 1130. The summed E-state index contributed by atoms with van der Waals surface area (Å²) in [4.78, 5) is 14.8. The van der Waals surface area contributed by atoms with Gasteiger partial charge in [-0.15, -0.1) is 0 Å². The summed E-state index contributed by atoms with van der Waals surface area (Å²) in [6, 6.07) is 25.9. The summed E-state index contributed by atoms with van der Waals surface area (Å²) in [5, 5.41) is 6.77. The summed E-state index contributed by atoms with van der Waals surface area (Å²) >= 11 is 0. The number of carbonyl (C=O) groups excluding carboxylic acids is 1. The number of hydrogen-bond acceptors (Lipinski definition) is 5. The van der Waals surface area contributed by atoms with Crippen molar-refractivity contribution in [3.8, 4) is 0 Å². The lowest BCUT2D eigenvalue weighted by atomic mass is 9.94. The van der Waals surface area contributed by atoms with Crippen LogP contribution in [0.2, 0.25) is 0 Å². The van der Waals surface area contributed by atoms with Gasteiger partial charge in [-0.25, -0.2) is 9.82 Å². The number of benzene rings is 3. The van der Waals surface area contributed by atoms with E-state index in [9.17, 15) is 9.18 Å². The Morgan fingerprint density at radius 1 is 0.919 bits per heavy atom. The molecule has 2 atom stereocenters. The van der Waals surface area contributed by atoms with Crippen LogP contribution in [0, 0.1) is 11.7 Å². The molecule has 0 saturated carbocycles. The summed E-state index contributed by atoms with van der Waals surface area (Å²) in [5.41, 5.74) is 11.1. The van der Waals surface area contributed by atoms with E-state index >= 15 is 0 Å². The molecular weight excluding hydrogens is 465 g/mol. The van der Waals surface area contributed by atoms with Gasteiger partial charge in [0.25, 0.3) is 0 Å². The van der Waals surface area contributed by atoms with Crippen LogP contribution in [0.15, 0.2) is 78.9 Å². The summed E-state index contributed by atoms with van der Waals surface area (Å²) in [7, 11) is 0. The second-order valence-electron chi connectivity index (χ2n) is 10.1. The zero-order chi connectivity index (χ0) is 25.5. The lowest BCUT2D eigenvalue weighted by Crippen LogP contribution is -2.44. The van der Waals surface area contributed by atoms with Gasteiger partial charge < -0.3 is 15.5 Å². The first-order chi connectivity index (χ1) is 18.1. The third kappa shape index (κ3) is 6.95. The van der Waals surface area contributed by atoms with E-state index in [-0.39, 0.29) is 17.8 Å². The van der Waals surface area contributed by atoms with Crippen molar-refractivity contribution in [1.82, 2.24) is 21.5 Å². The van der Waals surface area contributed by atoms with E-state index in [2.05, 4.69) is 50.7 Å². The van der Waals surface area contributed by atoms with Gasteiger partial charge in [0.15, 0.2) is 0 Å². The number of amides is 1. The van der Waals surface area contributed by atoms with E-state index < -0.39 is 0 Å². The number of halogens is 1. The molecule has 3 aromatic rings. The van der Waals surface area contributed by atoms with Crippen LogP contribution < -0.4 is 26.4 Å². The van der Waals surface area contributed by atoms with Crippen molar-refractivity contribution >= 4 is 11.6 Å². The number of hydrogen-bond donors (Lipinski definition) is 4. The number of rotatable bonds is 9. The number of piperidine rings is 1. The van der Waals surface area contributed by atoms with Crippen molar-refractivity contribution in [1.29, 1.82) is 0 Å². The third-order valence-electron chi connectivity index (χ3n) is 7.48. The first-order valence-electron chi connectivity index (χ1n) is 13.3. The minimum absolute atomic E-state index is 0.0396. The molecule has 4 N–H and O–H groups in total. The third-order valence-corrected chi connectivity index (χ3v) is 7.48. The molecule has 7 heteroatoms. The standard InChI is InChI=1S/C30H36FN5O/c31-26-10-8-24(9-11-26)30-25(21-34-35-30)20-32-27-14-16-36(17-15-27)28-12-6-22(7-13-28)18-29(37)33-19-23-4-2-1-3-5-23/h1-13,25,27,30,32,34-35H,14-21H2,(H,33,37). The molecule has 0 radical (unpaired) electrons. The second-order valence-corrected chi connectivity index (χ2v) is 10.1. The van der Waals surface area contributed by atoms with Gasteiger partial charge in [-0.1, -0.05) is 54.6 Å². The molecule has 0 spiro atoms. The van der Waals surface area contributed by atoms with Gasteiger partial charge in [0.2, 0.25) is 5.91 Å². The highest BCUT2D eigenvalue weighted by atomic mass is 19.1. The maximum Gasteiger partial charge on any atom is 0.224 e. The number of nitrogens with one attached hydrogen (secondary N) is 4. The molecule has 2 heterocycles. The van der Waals surface area contributed by atoms with Gasteiger partial charge in [0.05, 0.1) is 12.5 Å². The highest BCUT2D eigenvalue weighted by Crippen LogP contribution is 2.26. The van der Waals surface area contributed by atoms with E-state index in [1.807, 2.05) is 42.5 Å². The van der Waals surface area contributed by atoms with Crippen LogP contribution in [0.1, 0.15) is 35.6 Å². The van der Waals surface area contributed by atoms with Crippen LogP contribution in [0.25, 0.3) is 0 Å². The average Bonchev–Trinajstić information content (AvgIpc) is 3.41. The lowest BCUT2D eigenvalue weighted by Gasteiger charge is -2.35. The molecule has 2 saturated heterocycles. The largest absolute Gasteiger partial charge is 0.371 e. The lowest BCUT2D eigenvalue weighted by molar-refractivity contribution is -0.120. The van der Waals surface area contributed by atoms with Gasteiger partial charge >= 0.3 is 0 Å². The fourth-order valence-electron chi connectivity index (χ4n) is 5.28. The molecule has 2 aliphatic heterocycles. The number of nitrogens with zero attached hydrogens (tertiary/aromatic N) is 1. The minimum atomic E-state index is -0.199. The predicted molar refractivity (Wildman–Crippen MR) is 145 cm³/mol. The van der Waals surface area contributed by atoms with E-state index in [4.69, 9.17) is 0 Å². The van der Waals surface area contributed by atoms with Crippen molar-refractivity contribution in [3.05, 3.63) is 101 Å². The van der Waals surface area contributed by atoms with Crippen LogP contribution in [0.3, 0.4) is 0 Å². The van der Waals surface area contributed by atoms with Gasteiger partial charge in [-0.3, -0.25) is 10.2 Å². The van der Waals surface area contributed by atoms with Crippen molar-refractivity contribution in [3.63, 3.8) is 0 Å². The van der Waals surface area contributed by atoms with E-state index in [0.717, 1.165) is 55.7 Å². The number of anilines is 1. The summed E-state index contributed by atoms with van der Waals surface area (Å²) in [6.07, 6.45) is 2.58. The maximum absolute atomic E-state index is 13.3. The van der Waals surface area contributed by atoms with Gasteiger partial charge in [-0.2, -0.15) is 0 Å². The van der Waals surface area contributed by atoms with Crippen molar-refractivity contribution in [2.24, 2.45) is 5.92 Å². The monoisotopic (exact) mass is 501 g/mol. The molecule has 0 bridgehead atoms. The molecule has 2 aliphatic rings. The molecule has 0 aromatic heterocycles. The molecule has 5 rings (SSSR count). The van der Waals surface area contributed by atoms with Crippen LogP contribution in [0.5, 0.6) is 0 Å². The first kappa shape index (κ1) is 25.4. The first-order valence-corrected chi connectivity index (χ1v) is 13.3. The van der Waals surface area contributed by atoms with Crippen molar-refractivity contribution in [2.75, 3.05) is 31.1 Å². The van der Waals surface area contributed by atoms with E-state index in [1.165, 1.54) is 17.8 Å². The molecule has 2 unspecified atom stereocenters. The Hall–Kier alpha value is -3.26. The van der Waals surface area contributed by atoms with Gasteiger partial charge in [0.1, 0.15) is 5.82 Å². The minimum Gasteiger partial charge on any atom is -0.371 e. The van der Waals surface area contributed by atoms with E-state index in [0.29, 0.717) is 24.9 Å². The normalized spacial score (nSPS) is 20.2. The zero-order valence-corrected chi connectivity index (χ0v) is 21.1. The van der Waals surface area contributed by atoms with Crippen LogP contribution in [-0.2, 0) is 17.8 Å².